The van der Waals surface area contributed by atoms with E-state index >= 15 is 0 Å². The Hall–Kier alpha value is 0.690. The van der Waals surface area contributed by atoms with Crippen molar-refractivity contribution in [2.45, 2.75) is 43.1 Å². The largest absolute Gasteiger partial charge is 0.390 e. The quantitative estimate of drug-likeness (QED) is 0.582. The first-order chi connectivity index (χ1) is 5.91. The van der Waals surface area contributed by atoms with Crippen LogP contribution in [0, 0.1) is 23.7 Å². The van der Waals surface area contributed by atoms with Gasteiger partial charge >= 0.3 is 0 Å². The average molecular weight is 294 g/mol. The lowest BCUT2D eigenvalue weighted by atomic mass is 9.74. The predicted molar refractivity (Wildman–Crippen MR) is 63.0 cm³/mol. The van der Waals surface area contributed by atoms with Gasteiger partial charge in [-0.1, -0.05) is 29.5 Å². The second kappa shape index (κ2) is 3.09. The van der Waals surface area contributed by atoms with Crippen LogP contribution in [0.2, 0.25) is 0 Å². The first-order valence-electron chi connectivity index (χ1n) is 5.27. The zero-order valence-electron chi connectivity index (χ0n) is 8.63. The Morgan fingerprint density at radius 1 is 1.31 bits per heavy atom. The fraction of sp³-hybridized carbons (Fsp3) is 1.00. The van der Waals surface area contributed by atoms with Gasteiger partial charge in [0.1, 0.15) is 0 Å². The molecule has 2 aliphatic carbocycles. The van der Waals surface area contributed by atoms with Crippen LogP contribution in [0.4, 0.5) is 0 Å². The van der Waals surface area contributed by atoms with Crippen LogP contribution in [0.25, 0.3) is 0 Å². The lowest BCUT2D eigenvalue weighted by molar-refractivity contribution is -0.0164. The molecule has 2 bridgehead atoms. The average Bonchev–Trinajstić information content (AvgIpc) is 2.51. The summed E-state index contributed by atoms with van der Waals surface area (Å²) in [5, 5.41) is 10.0. The molecule has 2 fully saturated rings. The molecular formula is C11H19IO. The van der Waals surface area contributed by atoms with Crippen molar-refractivity contribution >= 4 is 22.6 Å². The van der Waals surface area contributed by atoms with Gasteiger partial charge in [0.2, 0.25) is 0 Å². The number of hydrogen-bond acceptors (Lipinski definition) is 1. The molecular weight excluding hydrogens is 275 g/mol. The van der Waals surface area contributed by atoms with Crippen LogP contribution in [0.1, 0.15) is 33.6 Å². The molecule has 0 aromatic carbocycles. The van der Waals surface area contributed by atoms with Gasteiger partial charge in [0.15, 0.2) is 0 Å². The summed E-state index contributed by atoms with van der Waals surface area (Å²) in [6.07, 6.45) is 2.62. The molecule has 0 aliphatic heterocycles. The van der Waals surface area contributed by atoms with Crippen molar-refractivity contribution < 1.29 is 5.11 Å². The molecule has 13 heavy (non-hydrogen) atoms. The molecule has 0 aromatic rings. The van der Waals surface area contributed by atoms with E-state index in [4.69, 9.17) is 0 Å². The normalized spacial score (nSPS) is 50.1. The van der Waals surface area contributed by atoms with Gasteiger partial charge in [-0.15, -0.1) is 0 Å². The highest BCUT2D eigenvalue weighted by Gasteiger charge is 2.53. The molecule has 76 valence electrons. The standard InChI is InChI=1S/C11H19IO/c1-6-8-4-7(10(6)12)5-9(8)11(2,3)13/h6-10,13H,4-5H2,1-3H3. The smallest absolute Gasteiger partial charge is 0.0622 e. The first kappa shape index (κ1) is 10.2. The number of halogens is 1. The second-order valence-corrected chi connectivity index (χ2v) is 6.90. The molecule has 1 N–H and O–H groups in total. The molecule has 1 nitrogen and oxygen atoms in total. The van der Waals surface area contributed by atoms with Crippen molar-refractivity contribution in [1.29, 1.82) is 0 Å². The van der Waals surface area contributed by atoms with Crippen LogP contribution < -0.4 is 0 Å². The summed E-state index contributed by atoms with van der Waals surface area (Å²) in [6.45, 7) is 6.32. The van der Waals surface area contributed by atoms with Crippen LogP contribution in [-0.4, -0.2) is 14.6 Å². The Balaban J connectivity index is 2.15. The van der Waals surface area contributed by atoms with Crippen LogP contribution in [-0.2, 0) is 0 Å². The third-order valence-electron chi connectivity index (χ3n) is 4.18. The topological polar surface area (TPSA) is 20.2 Å². The lowest BCUT2D eigenvalue weighted by Crippen LogP contribution is -2.39. The van der Waals surface area contributed by atoms with Crippen LogP contribution >= 0.6 is 22.6 Å². The fourth-order valence-corrected chi connectivity index (χ4v) is 4.55. The molecule has 2 heteroatoms. The maximum absolute atomic E-state index is 10.0. The second-order valence-electron chi connectivity index (χ2n) is 5.46. The number of rotatable bonds is 1. The van der Waals surface area contributed by atoms with Gasteiger partial charge in [-0.05, 0) is 50.4 Å². The van der Waals surface area contributed by atoms with Gasteiger partial charge < -0.3 is 5.11 Å². The summed E-state index contributed by atoms with van der Waals surface area (Å²) in [7, 11) is 0. The SMILES string of the molecule is CC1C(I)C2CC1C(C(C)(C)O)C2. The van der Waals surface area contributed by atoms with Gasteiger partial charge in [-0.2, -0.15) is 0 Å². The zero-order valence-corrected chi connectivity index (χ0v) is 10.8. The Bertz CT molecular complexity index is 207. The van der Waals surface area contributed by atoms with Gasteiger partial charge in [0.05, 0.1) is 5.60 Å². The van der Waals surface area contributed by atoms with Gasteiger partial charge in [-0.3, -0.25) is 0 Å². The molecule has 0 aromatic heterocycles. The van der Waals surface area contributed by atoms with E-state index in [2.05, 4.69) is 29.5 Å². The maximum Gasteiger partial charge on any atom is 0.0622 e. The molecule has 5 atom stereocenters. The molecule has 0 spiro atoms. The minimum absolute atomic E-state index is 0.454. The Kier molecular flexibility index (Phi) is 2.43. The van der Waals surface area contributed by atoms with E-state index in [0.717, 1.165) is 21.7 Å². The molecule has 0 saturated heterocycles. The van der Waals surface area contributed by atoms with Crippen molar-refractivity contribution in [3.63, 3.8) is 0 Å². The van der Waals surface area contributed by atoms with Crippen molar-refractivity contribution in [1.82, 2.24) is 0 Å². The van der Waals surface area contributed by atoms with E-state index in [1.165, 1.54) is 12.8 Å². The van der Waals surface area contributed by atoms with Crippen LogP contribution in [0.15, 0.2) is 0 Å². The summed E-state index contributed by atoms with van der Waals surface area (Å²) >= 11 is 2.61. The summed E-state index contributed by atoms with van der Waals surface area (Å²) in [6, 6.07) is 0. The molecule has 2 saturated carbocycles. The van der Waals surface area contributed by atoms with Gasteiger partial charge in [0.25, 0.3) is 0 Å². The van der Waals surface area contributed by atoms with Crippen LogP contribution in [0.3, 0.4) is 0 Å². The summed E-state index contributed by atoms with van der Waals surface area (Å²) < 4.78 is 0.862. The molecule has 0 heterocycles. The lowest BCUT2D eigenvalue weighted by Gasteiger charge is -2.37. The maximum atomic E-state index is 10.0. The minimum Gasteiger partial charge on any atom is -0.390 e. The number of aliphatic hydroxyl groups is 1. The number of fused-ring (bicyclic) bond motifs is 2. The number of alkyl halides is 1. The minimum atomic E-state index is -0.454. The summed E-state index contributed by atoms with van der Waals surface area (Å²) in [4.78, 5) is 0. The molecule has 0 amide bonds. The molecule has 0 radical (unpaired) electrons. The van der Waals surface area contributed by atoms with E-state index in [0.29, 0.717) is 5.92 Å². The monoisotopic (exact) mass is 294 g/mol. The highest BCUT2D eigenvalue weighted by molar-refractivity contribution is 14.1. The van der Waals surface area contributed by atoms with Crippen molar-refractivity contribution in [3.05, 3.63) is 0 Å². The van der Waals surface area contributed by atoms with Crippen molar-refractivity contribution in [2.24, 2.45) is 23.7 Å². The van der Waals surface area contributed by atoms with E-state index in [-0.39, 0.29) is 0 Å². The number of hydrogen-bond donors (Lipinski definition) is 1. The Morgan fingerprint density at radius 2 is 1.92 bits per heavy atom. The fourth-order valence-electron chi connectivity index (χ4n) is 3.43. The Labute approximate surface area is 94.4 Å². The first-order valence-corrected chi connectivity index (χ1v) is 6.52. The Morgan fingerprint density at radius 3 is 2.31 bits per heavy atom. The van der Waals surface area contributed by atoms with E-state index in [1.807, 2.05) is 13.8 Å². The third kappa shape index (κ3) is 1.54. The molecule has 2 aliphatic rings. The van der Waals surface area contributed by atoms with E-state index in [9.17, 15) is 5.11 Å². The van der Waals surface area contributed by atoms with Gasteiger partial charge in [0, 0.05) is 3.92 Å². The van der Waals surface area contributed by atoms with Crippen molar-refractivity contribution in [2.75, 3.05) is 0 Å². The van der Waals surface area contributed by atoms with Gasteiger partial charge in [-0.25, -0.2) is 0 Å². The van der Waals surface area contributed by atoms with E-state index < -0.39 is 5.60 Å². The third-order valence-corrected chi connectivity index (χ3v) is 6.34. The zero-order chi connectivity index (χ0) is 9.80. The predicted octanol–water partition coefficient (Wildman–Crippen LogP) is 2.85. The van der Waals surface area contributed by atoms with E-state index in [1.54, 1.807) is 0 Å². The highest BCUT2D eigenvalue weighted by Crippen LogP contribution is 2.57. The molecule has 2 rings (SSSR count). The van der Waals surface area contributed by atoms with Crippen LogP contribution in [0.5, 0.6) is 0 Å². The van der Waals surface area contributed by atoms with Crippen molar-refractivity contribution in [3.8, 4) is 0 Å². The summed E-state index contributed by atoms with van der Waals surface area (Å²) in [5.74, 6) is 3.04. The molecule has 5 unspecified atom stereocenters. The summed E-state index contributed by atoms with van der Waals surface area (Å²) in [5.41, 5.74) is -0.454. The highest BCUT2D eigenvalue weighted by atomic mass is 127.